The van der Waals surface area contributed by atoms with E-state index in [0.717, 1.165) is 6.07 Å². The number of Topliss-reactive ketones (excluding diaryl/α,β-unsaturated/α-hetero) is 1. The Bertz CT molecular complexity index is 816. The number of carbonyl (C=O) groups excluding carboxylic acids is 2. The average molecular weight is 359 g/mol. The quantitative estimate of drug-likeness (QED) is 0.853. The molecule has 0 radical (unpaired) electrons. The first-order valence-electron chi connectivity index (χ1n) is 8.31. The van der Waals surface area contributed by atoms with Crippen LogP contribution in [0.3, 0.4) is 0 Å². The molecule has 0 bridgehead atoms. The van der Waals surface area contributed by atoms with Gasteiger partial charge in [-0.05, 0) is 43.3 Å². The number of anilines is 2. The molecule has 3 rings (SSSR count). The summed E-state index contributed by atoms with van der Waals surface area (Å²) < 4.78 is 26.4. The van der Waals surface area contributed by atoms with Crippen LogP contribution >= 0.6 is 0 Å². The Kier molecular flexibility index (Phi) is 5.16. The van der Waals surface area contributed by atoms with Crippen molar-refractivity contribution in [2.75, 3.05) is 36.4 Å². The van der Waals surface area contributed by atoms with Crippen LogP contribution in [0.25, 0.3) is 0 Å². The number of carbonyl (C=O) groups is 2. The minimum atomic E-state index is -0.878. The van der Waals surface area contributed by atoms with Crippen LogP contribution in [0.2, 0.25) is 0 Å². The number of amides is 2. The van der Waals surface area contributed by atoms with E-state index in [1.807, 2.05) is 4.90 Å². The number of nitrogens with one attached hydrogen (secondary N) is 1. The molecule has 0 atom stereocenters. The van der Waals surface area contributed by atoms with Crippen molar-refractivity contribution in [3.05, 3.63) is 59.7 Å². The van der Waals surface area contributed by atoms with E-state index >= 15 is 0 Å². The second-order valence-electron chi connectivity index (χ2n) is 6.14. The molecule has 0 saturated carbocycles. The van der Waals surface area contributed by atoms with Crippen LogP contribution in [0.1, 0.15) is 17.3 Å². The molecule has 1 aliphatic rings. The highest BCUT2D eigenvalue weighted by molar-refractivity contribution is 5.95. The molecule has 7 heteroatoms. The van der Waals surface area contributed by atoms with Crippen LogP contribution < -0.4 is 10.2 Å². The van der Waals surface area contributed by atoms with Crippen molar-refractivity contribution in [3.8, 4) is 0 Å². The maximum atomic E-state index is 13.4. The number of rotatable bonds is 3. The Morgan fingerprint density at radius 1 is 0.923 bits per heavy atom. The van der Waals surface area contributed by atoms with E-state index in [-0.39, 0.29) is 11.8 Å². The van der Waals surface area contributed by atoms with E-state index < -0.39 is 11.6 Å². The fourth-order valence-electron chi connectivity index (χ4n) is 2.84. The smallest absolute Gasteiger partial charge is 0.321 e. The molecular weight excluding hydrogens is 340 g/mol. The van der Waals surface area contributed by atoms with Gasteiger partial charge in [-0.3, -0.25) is 4.79 Å². The zero-order valence-corrected chi connectivity index (χ0v) is 14.3. The summed E-state index contributed by atoms with van der Waals surface area (Å²) in [5.74, 6) is -1.78. The fraction of sp³-hybridized carbons (Fsp3) is 0.263. The van der Waals surface area contributed by atoms with E-state index in [1.54, 1.807) is 29.2 Å². The van der Waals surface area contributed by atoms with Crippen molar-refractivity contribution in [1.82, 2.24) is 4.90 Å². The standard InChI is InChI=1S/C19H19F2N3O2/c1-13(25)14-2-4-15(5-3-14)22-19(26)24-10-8-23(9-11-24)16-6-7-17(20)18(21)12-16/h2-7,12H,8-11H2,1H3,(H,22,26). The zero-order valence-electron chi connectivity index (χ0n) is 14.3. The van der Waals surface area contributed by atoms with Crippen LogP contribution in [0, 0.1) is 11.6 Å². The fourth-order valence-corrected chi connectivity index (χ4v) is 2.84. The lowest BCUT2D eigenvalue weighted by Crippen LogP contribution is -2.50. The van der Waals surface area contributed by atoms with Gasteiger partial charge in [0, 0.05) is 49.2 Å². The number of urea groups is 1. The normalized spacial score (nSPS) is 14.3. The molecule has 1 aliphatic heterocycles. The van der Waals surface area contributed by atoms with Gasteiger partial charge < -0.3 is 15.1 Å². The van der Waals surface area contributed by atoms with Crippen molar-refractivity contribution in [2.45, 2.75) is 6.92 Å². The molecule has 0 unspecified atom stereocenters. The van der Waals surface area contributed by atoms with Crippen LogP contribution in [-0.2, 0) is 0 Å². The van der Waals surface area contributed by atoms with Crippen molar-refractivity contribution in [1.29, 1.82) is 0 Å². The first-order valence-corrected chi connectivity index (χ1v) is 8.31. The van der Waals surface area contributed by atoms with Gasteiger partial charge in [-0.2, -0.15) is 0 Å². The predicted molar refractivity (Wildman–Crippen MR) is 95.6 cm³/mol. The first kappa shape index (κ1) is 17.8. The average Bonchev–Trinajstić information content (AvgIpc) is 2.64. The highest BCUT2D eigenvalue weighted by atomic mass is 19.2. The molecule has 2 aromatic carbocycles. The maximum Gasteiger partial charge on any atom is 0.321 e. The summed E-state index contributed by atoms with van der Waals surface area (Å²) in [7, 11) is 0. The lowest BCUT2D eigenvalue weighted by atomic mass is 10.1. The van der Waals surface area contributed by atoms with E-state index in [4.69, 9.17) is 0 Å². The Hall–Kier alpha value is -2.96. The van der Waals surface area contributed by atoms with Gasteiger partial charge in [0.2, 0.25) is 0 Å². The van der Waals surface area contributed by atoms with Gasteiger partial charge in [0.25, 0.3) is 0 Å². The molecule has 0 spiro atoms. The number of hydrogen-bond donors (Lipinski definition) is 1. The molecule has 1 N–H and O–H groups in total. The number of halogens is 2. The van der Waals surface area contributed by atoms with E-state index in [2.05, 4.69) is 5.32 Å². The minimum Gasteiger partial charge on any atom is -0.368 e. The summed E-state index contributed by atoms with van der Waals surface area (Å²) in [6, 6.07) is 10.3. The number of piperazine rings is 1. The summed E-state index contributed by atoms with van der Waals surface area (Å²) >= 11 is 0. The lowest BCUT2D eigenvalue weighted by molar-refractivity contribution is 0.101. The third-order valence-electron chi connectivity index (χ3n) is 4.38. The van der Waals surface area contributed by atoms with Gasteiger partial charge in [-0.15, -0.1) is 0 Å². The molecule has 26 heavy (non-hydrogen) atoms. The number of hydrogen-bond acceptors (Lipinski definition) is 3. The number of benzene rings is 2. The first-order chi connectivity index (χ1) is 12.4. The third-order valence-corrected chi connectivity index (χ3v) is 4.38. The van der Waals surface area contributed by atoms with E-state index in [1.165, 1.54) is 19.1 Å². The van der Waals surface area contributed by atoms with Crippen LogP contribution in [0.5, 0.6) is 0 Å². The maximum absolute atomic E-state index is 13.4. The SMILES string of the molecule is CC(=O)c1ccc(NC(=O)N2CCN(c3ccc(F)c(F)c3)CC2)cc1. The second kappa shape index (κ2) is 7.51. The molecule has 0 aromatic heterocycles. The predicted octanol–water partition coefficient (Wildman–Crippen LogP) is 3.52. The Labute approximate surface area is 150 Å². The molecular formula is C19H19F2N3O2. The second-order valence-corrected chi connectivity index (χ2v) is 6.14. The largest absolute Gasteiger partial charge is 0.368 e. The summed E-state index contributed by atoms with van der Waals surface area (Å²) in [5.41, 5.74) is 1.80. The Balaban J connectivity index is 1.56. The van der Waals surface area contributed by atoms with Crippen molar-refractivity contribution >= 4 is 23.2 Å². The molecule has 136 valence electrons. The lowest BCUT2D eigenvalue weighted by Gasteiger charge is -2.36. The van der Waals surface area contributed by atoms with Crippen molar-refractivity contribution < 1.29 is 18.4 Å². The van der Waals surface area contributed by atoms with Gasteiger partial charge in [0.05, 0.1) is 0 Å². The summed E-state index contributed by atoms with van der Waals surface area (Å²) in [6.45, 7) is 3.48. The van der Waals surface area contributed by atoms with Gasteiger partial charge in [-0.1, -0.05) is 0 Å². The van der Waals surface area contributed by atoms with Gasteiger partial charge in [0.15, 0.2) is 17.4 Å². The zero-order chi connectivity index (χ0) is 18.7. The summed E-state index contributed by atoms with van der Waals surface area (Å²) in [6.07, 6.45) is 0. The summed E-state index contributed by atoms with van der Waals surface area (Å²) in [4.78, 5) is 27.2. The Morgan fingerprint density at radius 3 is 2.15 bits per heavy atom. The Morgan fingerprint density at radius 2 is 1.58 bits per heavy atom. The van der Waals surface area contributed by atoms with Gasteiger partial charge >= 0.3 is 6.03 Å². The topological polar surface area (TPSA) is 52.7 Å². The molecule has 0 aliphatic carbocycles. The third kappa shape index (κ3) is 3.99. The molecule has 2 aromatic rings. The van der Waals surface area contributed by atoms with Crippen LogP contribution in [0.4, 0.5) is 25.0 Å². The molecule has 5 nitrogen and oxygen atoms in total. The molecule has 2 amide bonds. The van der Waals surface area contributed by atoms with E-state index in [9.17, 15) is 18.4 Å². The van der Waals surface area contributed by atoms with Crippen molar-refractivity contribution in [2.24, 2.45) is 0 Å². The summed E-state index contributed by atoms with van der Waals surface area (Å²) in [5, 5.41) is 2.80. The van der Waals surface area contributed by atoms with Crippen LogP contribution in [-0.4, -0.2) is 42.9 Å². The minimum absolute atomic E-state index is 0.0313. The van der Waals surface area contributed by atoms with Gasteiger partial charge in [-0.25, -0.2) is 13.6 Å². The number of nitrogens with zero attached hydrogens (tertiary/aromatic N) is 2. The molecule has 1 heterocycles. The van der Waals surface area contributed by atoms with Gasteiger partial charge in [0.1, 0.15) is 0 Å². The molecule has 1 saturated heterocycles. The highest BCUT2D eigenvalue weighted by Gasteiger charge is 2.22. The monoisotopic (exact) mass is 359 g/mol. The van der Waals surface area contributed by atoms with Crippen LogP contribution in [0.15, 0.2) is 42.5 Å². The highest BCUT2D eigenvalue weighted by Crippen LogP contribution is 2.20. The van der Waals surface area contributed by atoms with E-state index in [0.29, 0.717) is 43.1 Å². The molecule has 1 fully saturated rings. The van der Waals surface area contributed by atoms with Crippen molar-refractivity contribution in [3.63, 3.8) is 0 Å². The number of ketones is 1.